The molecule has 30 heavy (non-hydrogen) atoms. The van der Waals surface area contributed by atoms with Crippen molar-refractivity contribution < 1.29 is 28.5 Å². The molecule has 2 aliphatic rings. The Bertz CT molecular complexity index is 828. The Hall–Kier alpha value is -1.79. The first kappa shape index (κ1) is 21.4. The van der Waals surface area contributed by atoms with Crippen LogP contribution in [0.2, 0.25) is 0 Å². The van der Waals surface area contributed by atoms with Crippen molar-refractivity contribution in [2.75, 3.05) is 13.1 Å². The molecule has 0 bridgehead atoms. The molecule has 2 aliphatic heterocycles. The van der Waals surface area contributed by atoms with Crippen LogP contribution in [0.25, 0.3) is 0 Å². The highest BCUT2D eigenvalue weighted by Crippen LogP contribution is 2.31. The highest BCUT2D eigenvalue weighted by Gasteiger charge is 2.34. The molecule has 162 valence electrons. The normalized spacial score (nSPS) is 22.5. The van der Waals surface area contributed by atoms with Crippen LogP contribution in [0.4, 0.5) is 8.78 Å². The summed E-state index contributed by atoms with van der Waals surface area (Å²) in [7, 11) is 2.60. The topological polar surface area (TPSA) is 67.5 Å². The van der Waals surface area contributed by atoms with Crippen molar-refractivity contribution in [1.82, 2.24) is 4.67 Å². The van der Waals surface area contributed by atoms with Crippen molar-refractivity contribution in [3.05, 3.63) is 59.2 Å². The fourth-order valence-electron chi connectivity index (χ4n) is 4.14. The predicted octanol–water partition coefficient (Wildman–Crippen LogP) is 2.33. The molecule has 0 amide bonds. The van der Waals surface area contributed by atoms with Crippen molar-refractivity contribution in [1.29, 1.82) is 0 Å². The number of rotatable bonds is 6. The minimum absolute atomic E-state index is 0.261. The van der Waals surface area contributed by atoms with E-state index in [-0.39, 0.29) is 23.8 Å². The summed E-state index contributed by atoms with van der Waals surface area (Å²) >= 11 is 0. The number of halogens is 2. The van der Waals surface area contributed by atoms with E-state index in [4.69, 9.17) is 19.7 Å². The lowest BCUT2D eigenvalue weighted by molar-refractivity contribution is -0.00758. The summed E-state index contributed by atoms with van der Waals surface area (Å²) in [5, 5.41) is 17.0. The van der Waals surface area contributed by atoms with Gasteiger partial charge >= 0.3 is 0 Å². The molecule has 2 aromatic rings. The van der Waals surface area contributed by atoms with Crippen LogP contribution in [-0.2, 0) is 12.8 Å². The fraction of sp³-hybridized carbons (Fsp3) is 0.455. The Morgan fingerprint density at radius 2 is 1.30 bits per heavy atom. The van der Waals surface area contributed by atoms with Crippen LogP contribution in [0, 0.1) is 11.6 Å². The van der Waals surface area contributed by atoms with Gasteiger partial charge in [-0.3, -0.25) is 4.67 Å². The summed E-state index contributed by atoms with van der Waals surface area (Å²) in [5.74, 6) is 0.774. The lowest BCUT2D eigenvalue weighted by Crippen LogP contribution is -2.45. The van der Waals surface area contributed by atoms with Gasteiger partial charge in [-0.15, -0.1) is 0 Å². The summed E-state index contributed by atoms with van der Waals surface area (Å²) in [4.78, 5) is 0. The molecule has 0 aliphatic carbocycles. The first-order valence-corrected chi connectivity index (χ1v) is 10.7. The quantitative estimate of drug-likeness (QED) is 0.513. The number of fused-ring (bicyclic) bond motifs is 2. The van der Waals surface area contributed by atoms with Crippen LogP contribution in [0.1, 0.15) is 24.0 Å². The van der Waals surface area contributed by atoms with E-state index in [0.717, 1.165) is 11.1 Å². The molecule has 2 aromatic carbocycles. The van der Waals surface area contributed by atoms with Gasteiger partial charge in [-0.05, 0) is 73.2 Å². The second kappa shape index (κ2) is 9.15. The molecule has 5 unspecified atom stereocenters. The Balaban J connectivity index is 1.28. The zero-order chi connectivity index (χ0) is 21.3. The predicted molar refractivity (Wildman–Crippen MR) is 114 cm³/mol. The number of ether oxygens (including phenoxy) is 2. The number of benzene rings is 2. The smallest absolute Gasteiger partial charge is 0.204 e. The van der Waals surface area contributed by atoms with Gasteiger partial charge in [-0.25, -0.2) is 8.78 Å². The second-order valence-corrected chi connectivity index (χ2v) is 8.79. The van der Waals surface area contributed by atoms with E-state index >= 15 is 0 Å². The van der Waals surface area contributed by atoms with Gasteiger partial charge in [0.25, 0.3) is 0 Å². The highest BCUT2D eigenvalue weighted by atomic mass is 31.0. The summed E-state index contributed by atoms with van der Waals surface area (Å²) in [6.45, 7) is 0.880. The standard InChI is InChI=1S/C22H26F2NO4P/c23-15-3-7-19-13(9-15)1-5-21(28-19)17(26)11-25(30)12-18(27)22-6-2-14-10-16(24)4-8-20(14)29-22/h3-4,7-10,17-18,21-22,26-27H,1-2,5-6,11-12,30H2/p+2. The molecule has 0 aromatic heterocycles. The molecule has 0 radical (unpaired) electrons. The summed E-state index contributed by atoms with van der Waals surface area (Å²) < 4.78 is 40.4. The molecular weight excluding hydrogens is 411 g/mol. The van der Waals surface area contributed by atoms with Crippen LogP contribution < -0.4 is 9.47 Å². The van der Waals surface area contributed by atoms with Gasteiger partial charge < -0.3 is 19.7 Å². The minimum Gasteiger partial charge on any atom is -0.482 e. The van der Waals surface area contributed by atoms with Crippen LogP contribution in [0.5, 0.6) is 11.5 Å². The first-order valence-electron chi connectivity index (χ1n) is 10.2. The zero-order valence-corrected chi connectivity index (χ0v) is 17.8. The lowest BCUT2D eigenvalue weighted by Gasteiger charge is -2.31. The third-order valence-corrected chi connectivity index (χ3v) is 6.18. The van der Waals surface area contributed by atoms with Gasteiger partial charge in [0.2, 0.25) is 12.2 Å². The lowest BCUT2D eigenvalue weighted by atomic mass is 9.98. The molecule has 0 fully saturated rings. The third-order valence-electron chi connectivity index (χ3n) is 5.76. The summed E-state index contributed by atoms with van der Waals surface area (Å²) in [5.41, 5.74) is 1.70. The number of nitrogens with zero attached hydrogens (tertiary/aromatic N) is 1. The maximum Gasteiger partial charge on any atom is 0.204 e. The van der Waals surface area contributed by atoms with Gasteiger partial charge in [0.05, 0.1) is 13.1 Å². The average Bonchev–Trinajstić information content (AvgIpc) is 2.72. The molecule has 2 heterocycles. The number of aryl methyl sites for hydroxylation is 2. The van der Waals surface area contributed by atoms with Crippen molar-refractivity contribution in [2.45, 2.75) is 50.1 Å². The van der Waals surface area contributed by atoms with E-state index < -0.39 is 12.2 Å². The highest BCUT2D eigenvalue weighted by molar-refractivity contribution is 7.13. The zero-order valence-electron chi connectivity index (χ0n) is 16.6. The summed E-state index contributed by atoms with van der Waals surface area (Å²) in [6, 6.07) is 9.01. The number of hydrogen-bond donors (Lipinski definition) is 0. The van der Waals surface area contributed by atoms with Gasteiger partial charge in [0, 0.05) is 0 Å². The Labute approximate surface area is 176 Å². The van der Waals surface area contributed by atoms with E-state index in [2.05, 4.69) is 9.39 Å². The van der Waals surface area contributed by atoms with Gasteiger partial charge in [-0.1, -0.05) is 9.39 Å². The molecule has 0 saturated carbocycles. The van der Waals surface area contributed by atoms with Crippen molar-refractivity contribution in [3.8, 4) is 11.5 Å². The SMILES string of the molecule is [OH2+]C(CN(P)CC([OH2+])C1CCc2cc(F)ccc2O1)C1CCc2cc(F)ccc2O1. The van der Waals surface area contributed by atoms with Crippen LogP contribution >= 0.6 is 9.39 Å². The molecule has 0 saturated heterocycles. The van der Waals surface area contributed by atoms with E-state index in [1.54, 1.807) is 12.1 Å². The molecular formula is C22H28F2NO4P+2. The first-order chi connectivity index (χ1) is 14.4. The van der Waals surface area contributed by atoms with Gasteiger partial charge in [0.1, 0.15) is 23.1 Å². The molecule has 5 atom stereocenters. The second-order valence-electron chi connectivity index (χ2n) is 8.06. The van der Waals surface area contributed by atoms with Gasteiger partial charge in [-0.2, -0.15) is 0 Å². The van der Waals surface area contributed by atoms with Gasteiger partial charge in [0.15, 0.2) is 12.2 Å². The van der Waals surface area contributed by atoms with Crippen LogP contribution in [-0.4, -0.2) is 52.4 Å². The molecule has 0 spiro atoms. The monoisotopic (exact) mass is 439 g/mol. The van der Waals surface area contributed by atoms with E-state index in [9.17, 15) is 8.78 Å². The largest absolute Gasteiger partial charge is 0.482 e. The van der Waals surface area contributed by atoms with Crippen molar-refractivity contribution in [2.24, 2.45) is 0 Å². The molecule has 4 N–H and O–H groups in total. The maximum absolute atomic E-state index is 13.4. The van der Waals surface area contributed by atoms with Crippen LogP contribution in [0.15, 0.2) is 36.4 Å². The minimum atomic E-state index is -0.483. The van der Waals surface area contributed by atoms with E-state index in [1.165, 1.54) is 24.3 Å². The summed E-state index contributed by atoms with van der Waals surface area (Å²) in [6.07, 6.45) is 1.25. The average molecular weight is 439 g/mol. The molecule has 8 heteroatoms. The Morgan fingerprint density at radius 1 is 0.867 bits per heavy atom. The fourth-order valence-corrected chi connectivity index (χ4v) is 4.59. The molecule has 5 nitrogen and oxygen atoms in total. The Morgan fingerprint density at radius 3 is 1.73 bits per heavy atom. The maximum atomic E-state index is 13.4. The van der Waals surface area contributed by atoms with Crippen molar-refractivity contribution >= 4 is 9.39 Å². The molecule has 4 rings (SSSR count). The number of hydrogen-bond acceptors (Lipinski definition) is 3. The Kier molecular flexibility index (Phi) is 6.54. The van der Waals surface area contributed by atoms with Crippen molar-refractivity contribution in [3.63, 3.8) is 0 Å². The van der Waals surface area contributed by atoms with E-state index in [0.29, 0.717) is 50.3 Å². The van der Waals surface area contributed by atoms with E-state index in [1.807, 2.05) is 4.67 Å². The van der Waals surface area contributed by atoms with Crippen LogP contribution in [0.3, 0.4) is 0 Å². The third kappa shape index (κ3) is 4.92.